The lowest BCUT2D eigenvalue weighted by molar-refractivity contribution is 0.414. The number of methoxy groups -OCH3 is 1. The van der Waals surface area contributed by atoms with Crippen LogP contribution < -0.4 is 15.6 Å². The quantitative estimate of drug-likeness (QED) is 0.477. The van der Waals surface area contributed by atoms with Gasteiger partial charge in [-0.15, -0.1) is 11.3 Å². The van der Waals surface area contributed by atoms with Gasteiger partial charge in [0.05, 0.1) is 31.0 Å². The molecule has 0 unspecified atom stereocenters. The number of nitrogens with one attached hydrogen (secondary N) is 1. The summed E-state index contributed by atoms with van der Waals surface area (Å²) in [5.41, 5.74) is 1.15. The van der Waals surface area contributed by atoms with Crippen molar-refractivity contribution in [2.75, 3.05) is 12.4 Å². The first-order valence-corrected chi connectivity index (χ1v) is 9.62. The van der Waals surface area contributed by atoms with Crippen molar-refractivity contribution in [3.05, 3.63) is 71.4 Å². The molecule has 4 aromatic heterocycles. The third kappa shape index (κ3) is 3.01. The average molecular weight is 405 g/mol. The molecule has 0 spiro atoms. The fraction of sp³-hybridized carbons (Fsp3) is 0.100. The van der Waals surface area contributed by atoms with Gasteiger partial charge in [-0.1, -0.05) is 0 Å². The number of aromatic nitrogens is 4. The van der Waals surface area contributed by atoms with Gasteiger partial charge in [0.25, 0.3) is 5.56 Å². The van der Waals surface area contributed by atoms with Crippen molar-refractivity contribution in [3.63, 3.8) is 0 Å². The van der Waals surface area contributed by atoms with Gasteiger partial charge in [0, 0.05) is 0 Å². The number of rotatable bonds is 5. The molecule has 0 bridgehead atoms. The maximum Gasteiger partial charge on any atom is 0.275 e. The Morgan fingerprint density at radius 2 is 2.03 bits per heavy atom. The highest BCUT2D eigenvalue weighted by atomic mass is 32.1. The van der Waals surface area contributed by atoms with E-state index in [2.05, 4.69) is 20.3 Å². The molecule has 29 heavy (non-hydrogen) atoms. The minimum Gasteiger partial charge on any atom is -0.497 e. The van der Waals surface area contributed by atoms with Crippen LogP contribution in [0.3, 0.4) is 0 Å². The van der Waals surface area contributed by atoms with Gasteiger partial charge in [0.1, 0.15) is 45.0 Å². The summed E-state index contributed by atoms with van der Waals surface area (Å²) in [6.07, 6.45) is 4.63. The topological polar surface area (TPSA) is 95.1 Å². The van der Waals surface area contributed by atoms with Gasteiger partial charge in [-0.2, -0.15) is 0 Å². The lowest BCUT2D eigenvalue weighted by Crippen LogP contribution is -2.17. The van der Waals surface area contributed by atoms with Crippen molar-refractivity contribution in [2.24, 2.45) is 0 Å². The highest BCUT2D eigenvalue weighted by Crippen LogP contribution is 2.33. The van der Waals surface area contributed by atoms with Crippen molar-refractivity contribution < 1.29 is 9.15 Å². The monoisotopic (exact) mass is 405 g/mol. The molecule has 5 rings (SSSR count). The van der Waals surface area contributed by atoms with Crippen LogP contribution in [0.25, 0.3) is 26.1 Å². The van der Waals surface area contributed by atoms with Gasteiger partial charge < -0.3 is 14.5 Å². The Hall–Kier alpha value is -3.72. The molecule has 0 radical (unpaired) electrons. The fourth-order valence-electron chi connectivity index (χ4n) is 3.11. The molecule has 144 valence electrons. The third-order valence-corrected chi connectivity index (χ3v) is 5.61. The van der Waals surface area contributed by atoms with Gasteiger partial charge in [0.2, 0.25) is 0 Å². The SMILES string of the molecule is COc1ccc(-n2cnc3c(sc4ncnc(NCc5ccco5)c43)c2=O)cc1. The molecular formula is C20H15N5O3S. The number of anilines is 1. The number of thiophene rings is 1. The summed E-state index contributed by atoms with van der Waals surface area (Å²) in [7, 11) is 1.60. The van der Waals surface area contributed by atoms with E-state index in [-0.39, 0.29) is 5.56 Å². The van der Waals surface area contributed by atoms with E-state index in [0.29, 0.717) is 33.1 Å². The van der Waals surface area contributed by atoms with Gasteiger partial charge in [-0.25, -0.2) is 15.0 Å². The van der Waals surface area contributed by atoms with Crippen LogP contribution in [0.15, 0.2) is 64.5 Å². The molecule has 0 aliphatic rings. The molecule has 5 aromatic rings. The molecule has 0 aliphatic heterocycles. The lowest BCUT2D eigenvalue weighted by atomic mass is 10.3. The van der Waals surface area contributed by atoms with Crippen LogP contribution in [0.2, 0.25) is 0 Å². The van der Waals surface area contributed by atoms with Crippen LogP contribution in [-0.4, -0.2) is 26.6 Å². The number of fused-ring (bicyclic) bond motifs is 3. The van der Waals surface area contributed by atoms with E-state index in [0.717, 1.165) is 16.9 Å². The summed E-state index contributed by atoms with van der Waals surface area (Å²) in [5, 5.41) is 3.98. The molecule has 0 atom stereocenters. The van der Waals surface area contributed by atoms with Gasteiger partial charge in [-0.05, 0) is 36.4 Å². The Labute approximate surface area is 168 Å². The first kappa shape index (κ1) is 17.4. The first-order chi connectivity index (χ1) is 14.2. The minimum atomic E-state index is -0.153. The van der Waals surface area contributed by atoms with E-state index >= 15 is 0 Å². The Bertz CT molecular complexity index is 1360. The van der Waals surface area contributed by atoms with E-state index in [1.54, 1.807) is 25.5 Å². The summed E-state index contributed by atoms with van der Waals surface area (Å²) in [6.45, 7) is 0.472. The van der Waals surface area contributed by atoms with Crippen LogP contribution in [-0.2, 0) is 6.54 Å². The standard InChI is InChI=1S/C20H15N5O3S/c1-27-13-6-4-12(5-7-13)25-11-24-16-15-18(21-9-14-3-2-8-28-14)22-10-23-19(15)29-17(16)20(25)26/h2-8,10-11H,9H2,1H3,(H,21,22,23). The van der Waals surface area contributed by atoms with Crippen molar-refractivity contribution in [3.8, 4) is 11.4 Å². The molecule has 0 saturated heterocycles. The molecular weight excluding hydrogens is 390 g/mol. The van der Waals surface area contributed by atoms with Crippen molar-refractivity contribution in [1.82, 2.24) is 19.5 Å². The van der Waals surface area contributed by atoms with Gasteiger partial charge in [-0.3, -0.25) is 9.36 Å². The maximum absolute atomic E-state index is 13.1. The lowest BCUT2D eigenvalue weighted by Gasteiger charge is -2.07. The highest BCUT2D eigenvalue weighted by molar-refractivity contribution is 7.25. The minimum absolute atomic E-state index is 0.153. The smallest absolute Gasteiger partial charge is 0.275 e. The van der Waals surface area contributed by atoms with Gasteiger partial charge >= 0.3 is 0 Å². The van der Waals surface area contributed by atoms with Gasteiger partial charge in [0.15, 0.2) is 0 Å². The predicted molar refractivity (Wildman–Crippen MR) is 111 cm³/mol. The van der Waals surface area contributed by atoms with Crippen LogP contribution in [0.5, 0.6) is 5.75 Å². The molecule has 9 heteroatoms. The average Bonchev–Trinajstić information content (AvgIpc) is 3.41. The zero-order valence-electron chi connectivity index (χ0n) is 15.3. The zero-order chi connectivity index (χ0) is 19.8. The van der Waals surface area contributed by atoms with E-state index in [1.807, 2.05) is 24.3 Å². The summed E-state index contributed by atoms with van der Waals surface area (Å²) >= 11 is 1.31. The summed E-state index contributed by atoms with van der Waals surface area (Å²) in [6, 6.07) is 10.9. The number of nitrogens with zero attached hydrogens (tertiary/aromatic N) is 4. The molecule has 1 N–H and O–H groups in total. The summed E-state index contributed by atoms with van der Waals surface area (Å²) in [4.78, 5) is 27.1. The Balaban J connectivity index is 1.61. The maximum atomic E-state index is 13.1. The van der Waals surface area contributed by atoms with Crippen molar-refractivity contribution >= 4 is 37.6 Å². The second kappa shape index (κ2) is 7.02. The molecule has 0 aliphatic carbocycles. The van der Waals surface area contributed by atoms with E-state index in [9.17, 15) is 4.79 Å². The van der Waals surface area contributed by atoms with Crippen LogP contribution in [0.1, 0.15) is 5.76 Å². The number of benzene rings is 1. The number of furan rings is 1. The molecule has 4 heterocycles. The van der Waals surface area contributed by atoms with Crippen molar-refractivity contribution in [2.45, 2.75) is 6.54 Å². The molecule has 0 saturated carbocycles. The zero-order valence-corrected chi connectivity index (χ0v) is 16.1. The number of hydrogen-bond acceptors (Lipinski definition) is 8. The Morgan fingerprint density at radius 3 is 2.79 bits per heavy atom. The summed E-state index contributed by atoms with van der Waals surface area (Å²) in [5.74, 6) is 2.12. The van der Waals surface area contributed by atoms with E-state index in [1.165, 1.54) is 28.6 Å². The largest absolute Gasteiger partial charge is 0.497 e. The first-order valence-electron chi connectivity index (χ1n) is 8.80. The van der Waals surface area contributed by atoms with Crippen LogP contribution in [0.4, 0.5) is 5.82 Å². The molecule has 1 aromatic carbocycles. The molecule has 0 amide bonds. The summed E-state index contributed by atoms with van der Waals surface area (Å²) < 4.78 is 12.6. The normalized spacial score (nSPS) is 11.2. The fourth-order valence-corrected chi connectivity index (χ4v) is 4.13. The second-order valence-electron chi connectivity index (χ2n) is 6.23. The van der Waals surface area contributed by atoms with E-state index in [4.69, 9.17) is 9.15 Å². The second-order valence-corrected chi connectivity index (χ2v) is 7.23. The highest BCUT2D eigenvalue weighted by Gasteiger charge is 2.17. The Kier molecular flexibility index (Phi) is 4.21. The number of ether oxygens (including phenoxy) is 1. The number of hydrogen-bond donors (Lipinski definition) is 1. The molecule has 8 nitrogen and oxygen atoms in total. The predicted octanol–water partition coefficient (Wildman–Crippen LogP) is 3.60. The van der Waals surface area contributed by atoms with Crippen molar-refractivity contribution in [1.29, 1.82) is 0 Å². The third-order valence-electron chi connectivity index (χ3n) is 4.54. The van der Waals surface area contributed by atoms with E-state index < -0.39 is 0 Å². The van der Waals surface area contributed by atoms with Crippen LogP contribution in [0, 0.1) is 0 Å². The molecule has 0 fully saturated rings. The Morgan fingerprint density at radius 1 is 1.17 bits per heavy atom. The van der Waals surface area contributed by atoms with Crippen LogP contribution >= 0.6 is 11.3 Å².